The number of ether oxygens (including phenoxy) is 2. The highest BCUT2D eigenvalue weighted by atomic mass is 32.2. The molecule has 162 valence electrons. The van der Waals surface area contributed by atoms with Gasteiger partial charge < -0.3 is 14.8 Å². The van der Waals surface area contributed by atoms with E-state index in [0.29, 0.717) is 5.75 Å². The molecule has 0 bridgehead atoms. The normalized spacial score (nSPS) is 11.5. The van der Waals surface area contributed by atoms with Crippen LogP contribution in [0.4, 0.5) is 5.69 Å². The molecule has 0 aromatic heterocycles. The minimum atomic E-state index is -4.01. The molecule has 2 N–H and O–H groups in total. The predicted octanol–water partition coefficient (Wildman–Crippen LogP) is 2.85. The number of carbonyl (C=O) groups excluding carboxylic acids is 2. The molecule has 2 aromatic carbocycles. The fourth-order valence-electron chi connectivity index (χ4n) is 2.48. The van der Waals surface area contributed by atoms with E-state index in [1.54, 1.807) is 32.9 Å². The second-order valence-electron chi connectivity index (χ2n) is 7.52. The summed E-state index contributed by atoms with van der Waals surface area (Å²) in [6, 6.07) is 10.3. The lowest BCUT2D eigenvalue weighted by Gasteiger charge is -2.17. The molecule has 0 fully saturated rings. The van der Waals surface area contributed by atoms with Gasteiger partial charge in [0.15, 0.2) is 17.3 Å². The number of rotatable bonds is 8. The molecule has 1 amide bonds. The summed E-state index contributed by atoms with van der Waals surface area (Å²) < 4.78 is 38.4. The maximum atomic E-state index is 12.8. The standard InChI is InChI=1S/C21H26N2O6S/c1-21(2,3)19(24)13-22-20(25)15-8-6-7-9-16(15)23-30(26,27)14-10-11-17(28-4)18(12-14)29-5/h6-12,23H,13H2,1-5H3,(H,22,25). The van der Waals surface area contributed by atoms with Crippen molar-refractivity contribution < 1.29 is 27.5 Å². The van der Waals surface area contributed by atoms with Crippen LogP contribution in [0.15, 0.2) is 47.4 Å². The summed E-state index contributed by atoms with van der Waals surface area (Å²) in [7, 11) is -1.16. The average Bonchev–Trinajstić information content (AvgIpc) is 2.70. The Morgan fingerprint density at radius 2 is 1.60 bits per heavy atom. The van der Waals surface area contributed by atoms with Crippen LogP contribution in [-0.4, -0.2) is 40.9 Å². The average molecular weight is 435 g/mol. The lowest BCUT2D eigenvalue weighted by molar-refractivity contribution is -0.125. The number of ketones is 1. The van der Waals surface area contributed by atoms with E-state index >= 15 is 0 Å². The molecular formula is C21H26N2O6S. The molecule has 0 heterocycles. The zero-order valence-corrected chi connectivity index (χ0v) is 18.4. The molecule has 2 rings (SSSR count). The third-order valence-corrected chi connectivity index (χ3v) is 5.69. The van der Waals surface area contributed by atoms with Crippen LogP contribution in [0, 0.1) is 5.41 Å². The molecule has 0 aliphatic heterocycles. The largest absolute Gasteiger partial charge is 0.493 e. The van der Waals surface area contributed by atoms with E-state index in [4.69, 9.17) is 9.47 Å². The molecule has 0 radical (unpaired) electrons. The van der Waals surface area contributed by atoms with E-state index in [9.17, 15) is 18.0 Å². The summed E-state index contributed by atoms with van der Waals surface area (Å²) in [6.45, 7) is 5.12. The fraction of sp³-hybridized carbons (Fsp3) is 0.333. The smallest absolute Gasteiger partial charge is 0.262 e. The van der Waals surface area contributed by atoms with Crippen molar-refractivity contribution in [3.8, 4) is 11.5 Å². The minimum absolute atomic E-state index is 0.0572. The predicted molar refractivity (Wildman–Crippen MR) is 114 cm³/mol. The van der Waals surface area contributed by atoms with Gasteiger partial charge in [-0.2, -0.15) is 0 Å². The van der Waals surface area contributed by atoms with Crippen molar-refractivity contribution in [2.75, 3.05) is 25.5 Å². The SMILES string of the molecule is COc1ccc(S(=O)(=O)Nc2ccccc2C(=O)NCC(=O)C(C)(C)C)cc1OC. The van der Waals surface area contributed by atoms with Gasteiger partial charge in [-0.05, 0) is 24.3 Å². The number of amides is 1. The van der Waals surface area contributed by atoms with E-state index in [-0.39, 0.29) is 34.2 Å². The molecule has 9 heteroatoms. The van der Waals surface area contributed by atoms with Gasteiger partial charge in [0, 0.05) is 11.5 Å². The van der Waals surface area contributed by atoms with Gasteiger partial charge in [0.05, 0.1) is 36.9 Å². The van der Waals surface area contributed by atoms with Gasteiger partial charge in [0.2, 0.25) is 0 Å². The molecule has 0 saturated carbocycles. The van der Waals surface area contributed by atoms with Crippen LogP contribution >= 0.6 is 0 Å². The van der Waals surface area contributed by atoms with Gasteiger partial charge in [-0.3, -0.25) is 14.3 Å². The molecule has 0 saturated heterocycles. The molecule has 0 aliphatic rings. The summed E-state index contributed by atoms with van der Waals surface area (Å²) in [4.78, 5) is 24.6. The van der Waals surface area contributed by atoms with E-state index in [2.05, 4.69) is 10.0 Å². The van der Waals surface area contributed by atoms with E-state index in [0.717, 1.165) is 0 Å². The molecule has 2 aromatic rings. The van der Waals surface area contributed by atoms with Gasteiger partial charge in [-0.15, -0.1) is 0 Å². The Kier molecular flexibility index (Phi) is 7.09. The maximum Gasteiger partial charge on any atom is 0.262 e. The monoisotopic (exact) mass is 434 g/mol. The number of hydrogen-bond donors (Lipinski definition) is 2. The zero-order valence-electron chi connectivity index (χ0n) is 17.6. The van der Waals surface area contributed by atoms with Crippen molar-refractivity contribution in [3.63, 3.8) is 0 Å². The first-order valence-corrected chi connectivity index (χ1v) is 10.6. The Morgan fingerprint density at radius 1 is 0.967 bits per heavy atom. The first-order chi connectivity index (χ1) is 14.0. The van der Waals surface area contributed by atoms with Gasteiger partial charge in [0.25, 0.3) is 15.9 Å². The Morgan fingerprint density at radius 3 is 2.20 bits per heavy atom. The van der Waals surface area contributed by atoms with Crippen molar-refractivity contribution in [3.05, 3.63) is 48.0 Å². The number of methoxy groups -OCH3 is 2. The van der Waals surface area contributed by atoms with Crippen LogP contribution in [0.25, 0.3) is 0 Å². The summed E-state index contributed by atoms with van der Waals surface area (Å²) in [5.41, 5.74) is -0.404. The number of Topliss-reactive ketones (excluding diaryl/α,β-unsaturated/α-hetero) is 1. The molecular weight excluding hydrogens is 408 g/mol. The van der Waals surface area contributed by atoms with Crippen LogP contribution in [0.2, 0.25) is 0 Å². The second-order valence-corrected chi connectivity index (χ2v) is 9.21. The van der Waals surface area contributed by atoms with Crippen LogP contribution in [-0.2, 0) is 14.8 Å². The van der Waals surface area contributed by atoms with E-state index < -0.39 is 21.3 Å². The minimum Gasteiger partial charge on any atom is -0.493 e. The summed E-state index contributed by atoms with van der Waals surface area (Å²) in [6.07, 6.45) is 0. The maximum absolute atomic E-state index is 12.8. The number of sulfonamides is 1. The van der Waals surface area contributed by atoms with Gasteiger partial charge in [-0.1, -0.05) is 32.9 Å². The van der Waals surface area contributed by atoms with Crippen molar-refractivity contribution in [2.24, 2.45) is 5.41 Å². The topological polar surface area (TPSA) is 111 Å². The van der Waals surface area contributed by atoms with Gasteiger partial charge in [0.1, 0.15) is 0 Å². The molecule has 0 aliphatic carbocycles. The number of benzene rings is 2. The molecule has 8 nitrogen and oxygen atoms in total. The molecule has 0 unspecified atom stereocenters. The van der Waals surface area contributed by atoms with Crippen LogP contribution < -0.4 is 19.5 Å². The lowest BCUT2D eigenvalue weighted by atomic mass is 9.91. The number of carbonyl (C=O) groups is 2. The van der Waals surface area contributed by atoms with Gasteiger partial charge >= 0.3 is 0 Å². The third kappa shape index (κ3) is 5.50. The van der Waals surface area contributed by atoms with Crippen molar-refractivity contribution >= 4 is 27.4 Å². The number of hydrogen-bond acceptors (Lipinski definition) is 6. The summed E-state index contributed by atoms with van der Waals surface area (Å²) in [5.74, 6) is -0.0516. The first kappa shape index (κ1) is 23.2. The van der Waals surface area contributed by atoms with Crippen LogP contribution in [0.1, 0.15) is 31.1 Å². The Bertz CT molecular complexity index is 1040. The summed E-state index contributed by atoms with van der Waals surface area (Å²) in [5, 5.41) is 2.54. The van der Waals surface area contributed by atoms with E-state index in [1.807, 2.05) is 0 Å². The van der Waals surface area contributed by atoms with Crippen LogP contribution in [0.3, 0.4) is 0 Å². The van der Waals surface area contributed by atoms with Gasteiger partial charge in [-0.25, -0.2) is 8.42 Å². The van der Waals surface area contributed by atoms with Crippen molar-refractivity contribution in [2.45, 2.75) is 25.7 Å². The summed E-state index contributed by atoms with van der Waals surface area (Å²) >= 11 is 0. The Hall–Kier alpha value is -3.07. The highest BCUT2D eigenvalue weighted by molar-refractivity contribution is 7.92. The number of para-hydroxylation sites is 1. The molecule has 0 spiro atoms. The Balaban J connectivity index is 2.27. The quantitative estimate of drug-likeness (QED) is 0.661. The first-order valence-electron chi connectivity index (χ1n) is 9.15. The van der Waals surface area contributed by atoms with Crippen molar-refractivity contribution in [1.29, 1.82) is 0 Å². The number of anilines is 1. The van der Waals surface area contributed by atoms with E-state index in [1.165, 1.54) is 44.6 Å². The number of nitrogens with one attached hydrogen (secondary N) is 2. The third-order valence-electron chi connectivity index (χ3n) is 4.33. The highest BCUT2D eigenvalue weighted by Gasteiger charge is 2.23. The second kappa shape index (κ2) is 9.17. The highest BCUT2D eigenvalue weighted by Crippen LogP contribution is 2.30. The molecule has 0 atom stereocenters. The fourth-order valence-corrected chi connectivity index (χ4v) is 3.57. The van der Waals surface area contributed by atoms with Crippen molar-refractivity contribution in [1.82, 2.24) is 5.32 Å². The molecule has 30 heavy (non-hydrogen) atoms. The Labute approximate surface area is 176 Å². The zero-order chi connectivity index (χ0) is 22.5. The lowest BCUT2D eigenvalue weighted by Crippen LogP contribution is -2.35. The van der Waals surface area contributed by atoms with Crippen LogP contribution in [0.5, 0.6) is 11.5 Å².